The average molecular weight is 266 g/mol. The van der Waals surface area contributed by atoms with Gasteiger partial charge in [-0.1, -0.05) is 31.2 Å². The molecule has 3 heteroatoms. The van der Waals surface area contributed by atoms with E-state index < -0.39 is 0 Å². The maximum absolute atomic E-state index is 9.15. The highest BCUT2D eigenvalue weighted by Gasteiger charge is 2.05. The first-order chi connectivity index (χ1) is 9.78. The summed E-state index contributed by atoms with van der Waals surface area (Å²) in [5.41, 5.74) is 4.00. The predicted molar refractivity (Wildman–Crippen MR) is 80.9 cm³/mol. The van der Waals surface area contributed by atoms with Gasteiger partial charge >= 0.3 is 0 Å². The van der Waals surface area contributed by atoms with Gasteiger partial charge in [-0.3, -0.25) is 0 Å². The molecular formula is C17H18N2O. The van der Waals surface area contributed by atoms with Crippen LogP contribution in [0.5, 0.6) is 5.75 Å². The summed E-state index contributed by atoms with van der Waals surface area (Å²) < 4.78 is 5.20. The minimum atomic E-state index is 0.625. The molecule has 102 valence electrons. The number of nitrogens with zero attached hydrogens (tertiary/aromatic N) is 1. The molecule has 1 N–H and O–H groups in total. The zero-order chi connectivity index (χ0) is 14.4. The van der Waals surface area contributed by atoms with Gasteiger partial charge in [0.05, 0.1) is 18.4 Å². The molecule has 0 fully saturated rings. The summed E-state index contributed by atoms with van der Waals surface area (Å²) >= 11 is 0. The molecule has 0 saturated carbocycles. The lowest BCUT2D eigenvalue weighted by Crippen LogP contribution is -2.04. The topological polar surface area (TPSA) is 45.0 Å². The lowest BCUT2D eigenvalue weighted by Gasteiger charge is -2.12. The molecule has 3 nitrogen and oxygen atoms in total. The van der Waals surface area contributed by atoms with Crippen LogP contribution in [0.4, 0.5) is 5.69 Å². The number of rotatable bonds is 5. The third-order valence-electron chi connectivity index (χ3n) is 3.32. The van der Waals surface area contributed by atoms with Gasteiger partial charge < -0.3 is 10.1 Å². The van der Waals surface area contributed by atoms with Crippen LogP contribution < -0.4 is 10.1 Å². The highest BCUT2D eigenvalue weighted by molar-refractivity contribution is 5.60. The highest BCUT2D eigenvalue weighted by Crippen LogP contribution is 2.23. The fraction of sp³-hybridized carbons (Fsp3) is 0.235. The van der Waals surface area contributed by atoms with E-state index in [0.29, 0.717) is 12.1 Å². The second kappa shape index (κ2) is 6.63. The standard InChI is InChI=1S/C17H18N2O/c1-3-13-6-4-5-7-15(13)12-19-17-10-16(20-2)9-8-14(17)11-18/h4-10,19H,3,12H2,1-2H3. The van der Waals surface area contributed by atoms with E-state index in [-0.39, 0.29) is 0 Å². The van der Waals surface area contributed by atoms with Crippen molar-refractivity contribution in [2.24, 2.45) is 0 Å². The van der Waals surface area contributed by atoms with E-state index in [4.69, 9.17) is 10.00 Å². The van der Waals surface area contributed by atoms with E-state index in [9.17, 15) is 0 Å². The van der Waals surface area contributed by atoms with Gasteiger partial charge in [0, 0.05) is 12.6 Å². The van der Waals surface area contributed by atoms with Crippen LogP contribution in [0.25, 0.3) is 0 Å². The molecule has 20 heavy (non-hydrogen) atoms. The first kappa shape index (κ1) is 14.0. The second-order valence-electron chi connectivity index (χ2n) is 4.50. The monoisotopic (exact) mass is 266 g/mol. The van der Waals surface area contributed by atoms with Crippen molar-refractivity contribution in [3.63, 3.8) is 0 Å². The molecular weight excluding hydrogens is 248 g/mol. The predicted octanol–water partition coefficient (Wildman–Crippen LogP) is 3.74. The van der Waals surface area contributed by atoms with Gasteiger partial charge in [-0.2, -0.15) is 5.26 Å². The summed E-state index contributed by atoms with van der Waals surface area (Å²) in [6, 6.07) is 15.9. The molecule has 0 aliphatic heterocycles. The van der Waals surface area contributed by atoms with Gasteiger partial charge in [-0.15, -0.1) is 0 Å². The highest BCUT2D eigenvalue weighted by atomic mass is 16.5. The van der Waals surface area contributed by atoms with Crippen molar-refractivity contribution in [3.05, 3.63) is 59.2 Å². The van der Waals surface area contributed by atoms with E-state index in [2.05, 4.69) is 36.5 Å². The summed E-state index contributed by atoms with van der Waals surface area (Å²) in [7, 11) is 1.62. The van der Waals surface area contributed by atoms with Crippen molar-refractivity contribution in [1.29, 1.82) is 5.26 Å². The summed E-state index contributed by atoms with van der Waals surface area (Å²) in [6.07, 6.45) is 1.00. The van der Waals surface area contributed by atoms with Crippen LogP contribution >= 0.6 is 0 Å². The van der Waals surface area contributed by atoms with Crippen LogP contribution in [0, 0.1) is 11.3 Å². The Morgan fingerprint density at radius 3 is 2.55 bits per heavy atom. The Morgan fingerprint density at radius 2 is 1.90 bits per heavy atom. The van der Waals surface area contributed by atoms with Crippen LogP contribution in [0.1, 0.15) is 23.6 Å². The number of nitriles is 1. The fourth-order valence-electron chi connectivity index (χ4n) is 2.16. The first-order valence-corrected chi connectivity index (χ1v) is 6.67. The quantitative estimate of drug-likeness (QED) is 0.896. The number of benzene rings is 2. The molecule has 0 amide bonds. The largest absolute Gasteiger partial charge is 0.497 e. The van der Waals surface area contributed by atoms with Gasteiger partial charge in [0.15, 0.2) is 0 Å². The van der Waals surface area contributed by atoms with Crippen LogP contribution in [0.15, 0.2) is 42.5 Å². The maximum Gasteiger partial charge on any atom is 0.121 e. The first-order valence-electron chi connectivity index (χ1n) is 6.67. The Morgan fingerprint density at radius 1 is 1.15 bits per heavy atom. The minimum absolute atomic E-state index is 0.625. The second-order valence-corrected chi connectivity index (χ2v) is 4.50. The van der Waals surface area contributed by atoms with E-state index in [1.54, 1.807) is 19.2 Å². The van der Waals surface area contributed by atoms with Crippen molar-refractivity contribution in [2.45, 2.75) is 19.9 Å². The molecule has 0 bridgehead atoms. The number of hydrogen-bond acceptors (Lipinski definition) is 3. The number of ether oxygens (including phenoxy) is 1. The molecule has 2 rings (SSSR count). The molecule has 2 aromatic carbocycles. The van der Waals surface area contributed by atoms with Crippen LogP contribution in [-0.4, -0.2) is 7.11 Å². The van der Waals surface area contributed by atoms with Crippen molar-refractivity contribution >= 4 is 5.69 Å². The molecule has 0 spiro atoms. The molecule has 0 heterocycles. The lowest BCUT2D eigenvalue weighted by molar-refractivity contribution is 0.415. The van der Waals surface area contributed by atoms with E-state index in [1.807, 2.05) is 12.1 Å². The number of nitrogens with one attached hydrogen (secondary N) is 1. The van der Waals surface area contributed by atoms with Crippen LogP contribution in [-0.2, 0) is 13.0 Å². The van der Waals surface area contributed by atoms with Crippen LogP contribution in [0.3, 0.4) is 0 Å². The smallest absolute Gasteiger partial charge is 0.121 e. The Labute approximate surface area is 119 Å². The van der Waals surface area contributed by atoms with Crippen molar-refractivity contribution < 1.29 is 4.74 Å². The molecule has 0 aliphatic carbocycles. The Kier molecular flexibility index (Phi) is 4.62. The zero-order valence-corrected chi connectivity index (χ0v) is 11.8. The molecule has 0 atom stereocenters. The van der Waals surface area contributed by atoms with Gasteiger partial charge in [-0.25, -0.2) is 0 Å². The van der Waals surface area contributed by atoms with Crippen molar-refractivity contribution in [2.75, 3.05) is 12.4 Å². The summed E-state index contributed by atoms with van der Waals surface area (Å²) in [6.45, 7) is 2.84. The average Bonchev–Trinajstić information content (AvgIpc) is 2.52. The molecule has 0 unspecified atom stereocenters. The normalized spacial score (nSPS) is 9.85. The lowest BCUT2D eigenvalue weighted by atomic mass is 10.1. The number of methoxy groups -OCH3 is 1. The van der Waals surface area contributed by atoms with Crippen LogP contribution in [0.2, 0.25) is 0 Å². The third kappa shape index (κ3) is 3.10. The Hall–Kier alpha value is -2.47. The Bertz CT molecular complexity index is 629. The number of aryl methyl sites for hydroxylation is 1. The molecule has 0 aromatic heterocycles. The molecule has 2 aromatic rings. The van der Waals surface area contributed by atoms with Gasteiger partial charge in [0.25, 0.3) is 0 Å². The van der Waals surface area contributed by atoms with E-state index in [1.165, 1.54) is 11.1 Å². The number of anilines is 1. The van der Waals surface area contributed by atoms with E-state index >= 15 is 0 Å². The SMILES string of the molecule is CCc1ccccc1CNc1cc(OC)ccc1C#N. The molecule has 0 saturated heterocycles. The summed E-state index contributed by atoms with van der Waals surface area (Å²) in [4.78, 5) is 0. The number of hydrogen-bond donors (Lipinski definition) is 1. The minimum Gasteiger partial charge on any atom is -0.497 e. The summed E-state index contributed by atoms with van der Waals surface area (Å²) in [5, 5.41) is 12.5. The Balaban J connectivity index is 2.20. The molecule has 0 aliphatic rings. The van der Waals surface area contributed by atoms with Gasteiger partial charge in [-0.05, 0) is 29.7 Å². The van der Waals surface area contributed by atoms with E-state index in [0.717, 1.165) is 17.9 Å². The molecule has 0 radical (unpaired) electrons. The zero-order valence-electron chi connectivity index (χ0n) is 11.8. The maximum atomic E-state index is 9.15. The van der Waals surface area contributed by atoms with Gasteiger partial charge in [0.2, 0.25) is 0 Å². The summed E-state index contributed by atoms with van der Waals surface area (Å²) in [5.74, 6) is 0.746. The van der Waals surface area contributed by atoms with Crippen molar-refractivity contribution in [1.82, 2.24) is 0 Å². The fourth-order valence-corrected chi connectivity index (χ4v) is 2.16. The van der Waals surface area contributed by atoms with Gasteiger partial charge in [0.1, 0.15) is 11.8 Å². The van der Waals surface area contributed by atoms with Crippen molar-refractivity contribution in [3.8, 4) is 11.8 Å². The third-order valence-corrected chi connectivity index (χ3v) is 3.32.